The second-order valence-electron chi connectivity index (χ2n) is 10.9. The van der Waals surface area contributed by atoms with Gasteiger partial charge in [-0.3, -0.25) is 0 Å². The Morgan fingerprint density at radius 3 is 1.14 bits per heavy atom. The van der Waals surface area contributed by atoms with E-state index in [0.717, 1.165) is 0 Å². The molecule has 42 heavy (non-hydrogen) atoms. The maximum Gasteiger partial charge on any atom is -0.00201 e. The normalized spacial score (nSPS) is 11.3. The Balaban J connectivity index is 1.29. The minimum absolute atomic E-state index is 1.22. The summed E-state index contributed by atoms with van der Waals surface area (Å²) < 4.78 is 0. The van der Waals surface area contributed by atoms with Gasteiger partial charge in [-0.05, 0) is 76.8 Å². The zero-order valence-electron chi connectivity index (χ0n) is 23.2. The minimum atomic E-state index is 1.22. The van der Waals surface area contributed by atoms with Gasteiger partial charge in [0, 0.05) is 0 Å². The molecular weight excluding hydrogens is 504 g/mol. The third kappa shape index (κ3) is 4.08. The molecule has 0 aliphatic carbocycles. The van der Waals surface area contributed by atoms with E-state index in [1.807, 2.05) is 0 Å². The van der Waals surface area contributed by atoms with Crippen molar-refractivity contribution in [3.63, 3.8) is 0 Å². The van der Waals surface area contributed by atoms with E-state index < -0.39 is 0 Å². The average molecular weight is 533 g/mol. The van der Waals surface area contributed by atoms with Crippen LogP contribution in [-0.2, 0) is 0 Å². The molecule has 8 aromatic rings. The zero-order chi connectivity index (χ0) is 27.9. The standard InChI is InChI=1S/C42H28/c1-2-11-29(12-3-1)30-21-23-31(24-22-30)32-25-27-34(28-26-32)41-37-16-6-8-18-39(37)42(40-19-9-7-17-38(40)41)36-20-10-14-33-13-4-5-15-35(33)36/h1-28H. The van der Waals surface area contributed by atoms with E-state index >= 15 is 0 Å². The Labute approximate surface area is 246 Å². The van der Waals surface area contributed by atoms with Gasteiger partial charge < -0.3 is 0 Å². The molecule has 0 aliphatic rings. The predicted octanol–water partition coefficient (Wildman–Crippen LogP) is 11.8. The van der Waals surface area contributed by atoms with Crippen LogP contribution in [0.2, 0.25) is 0 Å². The molecule has 0 spiro atoms. The van der Waals surface area contributed by atoms with Gasteiger partial charge in [0.2, 0.25) is 0 Å². The molecule has 0 atom stereocenters. The summed E-state index contributed by atoms with van der Waals surface area (Å²) in [6.07, 6.45) is 0. The SMILES string of the molecule is c1ccc(-c2ccc(-c3ccc(-c4c5ccccc5c(-c5cccc6ccccc56)c5ccccc45)cc3)cc2)cc1. The van der Waals surface area contributed by atoms with Crippen LogP contribution in [0.5, 0.6) is 0 Å². The van der Waals surface area contributed by atoms with Crippen LogP contribution in [0.3, 0.4) is 0 Å². The van der Waals surface area contributed by atoms with Gasteiger partial charge in [-0.15, -0.1) is 0 Å². The first kappa shape index (κ1) is 24.3. The van der Waals surface area contributed by atoms with Gasteiger partial charge in [0.15, 0.2) is 0 Å². The highest BCUT2D eigenvalue weighted by atomic mass is 14.2. The zero-order valence-corrected chi connectivity index (χ0v) is 23.2. The van der Waals surface area contributed by atoms with Gasteiger partial charge in [-0.1, -0.05) is 170 Å². The van der Waals surface area contributed by atoms with Crippen molar-refractivity contribution < 1.29 is 0 Å². The van der Waals surface area contributed by atoms with Crippen LogP contribution < -0.4 is 0 Å². The van der Waals surface area contributed by atoms with E-state index in [0.29, 0.717) is 0 Å². The van der Waals surface area contributed by atoms with Crippen LogP contribution in [0.25, 0.3) is 76.8 Å². The minimum Gasteiger partial charge on any atom is -0.0622 e. The molecule has 0 aromatic heterocycles. The molecule has 0 saturated carbocycles. The Morgan fingerprint density at radius 2 is 0.595 bits per heavy atom. The van der Waals surface area contributed by atoms with Gasteiger partial charge in [0.25, 0.3) is 0 Å². The monoisotopic (exact) mass is 532 g/mol. The summed E-state index contributed by atoms with van der Waals surface area (Å²) in [5.41, 5.74) is 10.0. The van der Waals surface area contributed by atoms with Crippen molar-refractivity contribution in [1.29, 1.82) is 0 Å². The molecule has 0 heterocycles. The number of hydrogen-bond acceptors (Lipinski definition) is 0. The summed E-state index contributed by atoms with van der Waals surface area (Å²) in [5.74, 6) is 0. The molecule has 0 nitrogen and oxygen atoms in total. The molecule has 0 heteroatoms. The third-order valence-corrected chi connectivity index (χ3v) is 8.49. The van der Waals surface area contributed by atoms with Gasteiger partial charge in [-0.2, -0.15) is 0 Å². The van der Waals surface area contributed by atoms with Crippen molar-refractivity contribution in [1.82, 2.24) is 0 Å². The summed E-state index contributed by atoms with van der Waals surface area (Å²) in [7, 11) is 0. The second-order valence-corrected chi connectivity index (χ2v) is 10.9. The second kappa shape index (κ2) is 10.2. The van der Waals surface area contributed by atoms with Crippen molar-refractivity contribution in [2.45, 2.75) is 0 Å². The van der Waals surface area contributed by atoms with Crippen LogP contribution in [0, 0.1) is 0 Å². The first-order chi connectivity index (χ1) is 20.8. The van der Waals surface area contributed by atoms with E-state index in [2.05, 4.69) is 170 Å². The maximum atomic E-state index is 2.28. The van der Waals surface area contributed by atoms with Gasteiger partial charge >= 0.3 is 0 Å². The largest absolute Gasteiger partial charge is 0.0622 e. The van der Waals surface area contributed by atoms with E-state index in [9.17, 15) is 0 Å². The summed E-state index contributed by atoms with van der Waals surface area (Å²) in [6, 6.07) is 61.6. The van der Waals surface area contributed by atoms with E-state index in [1.54, 1.807) is 0 Å². The van der Waals surface area contributed by atoms with Gasteiger partial charge in [-0.25, -0.2) is 0 Å². The molecule has 8 rings (SSSR count). The fourth-order valence-corrected chi connectivity index (χ4v) is 6.49. The number of rotatable bonds is 4. The average Bonchev–Trinajstić information content (AvgIpc) is 3.07. The van der Waals surface area contributed by atoms with Crippen LogP contribution >= 0.6 is 0 Å². The molecule has 0 unspecified atom stereocenters. The smallest absolute Gasteiger partial charge is 0.00201 e. The van der Waals surface area contributed by atoms with Crippen LogP contribution in [-0.4, -0.2) is 0 Å². The first-order valence-corrected chi connectivity index (χ1v) is 14.5. The highest BCUT2D eigenvalue weighted by Crippen LogP contribution is 2.45. The quantitative estimate of drug-likeness (QED) is 0.198. The third-order valence-electron chi connectivity index (χ3n) is 8.49. The lowest BCUT2D eigenvalue weighted by molar-refractivity contribution is 1.59. The molecule has 8 aromatic carbocycles. The Kier molecular flexibility index (Phi) is 5.90. The Morgan fingerprint density at radius 1 is 0.214 bits per heavy atom. The van der Waals surface area contributed by atoms with Gasteiger partial charge in [0.05, 0.1) is 0 Å². The lowest BCUT2D eigenvalue weighted by atomic mass is 9.84. The number of fused-ring (bicyclic) bond motifs is 3. The summed E-state index contributed by atoms with van der Waals surface area (Å²) >= 11 is 0. The van der Waals surface area contributed by atoms with Crippen LogP contribution in [0.15, 0.2) is 170 Å². The van der Waals surface area contributed by atoms with Crippen molar-refractivity contribution in [2.24, 2.45) is 0 Å². The number of benzene rings is 8. The first-order valence-electron chi connectivity index (χ1n) is 14.5. The van der Waals surface area contributed by atoms with E-state index in [4.69, 9.17) is 0 Å². The fraction of sp³-hybridized carbons (Fsp3) is 0. The Hall–Kier alpha value is -5.46. The van der Waals surface area contributed by atoms with Crippen molar-refractivity contribution in [3.8, 4) is 44.5 Å². The summed E-state index contributed by atoms with van der Waals surface area (Å²) in [5, 5.41) is 7.66. The molecule has 0 bridgehead atoms. The molecule has 0 radical (unpaired) electrons. The van der Waals surface area contributed by atoms with Gasteiger partial charge in [0.1, 0.15) is 0 Å². The van der Waals surface area contributed by atoms with Crippen molar-refractivity contribution in [2.75, 3.05) is 0 Å². The molecule has 0 saturated heterocycles. The van der Waals surface area contributed by atoms with Crippen LogP contribution in [0.1, 0.15) is 0 Å². The molecule has 0 N–H and O–H groups in total. The summed E-state index contributed by atoms with van der Waals surface area (Å²) in [6.45, 7) is 0. The topological polar surface area (TPSA) is 0 Å². The Bertz CT molecular complexity index is 2140. The molecule has 0 amide bonds. The highest BCUT2D eigenvalue weighted by molar-refractivity contribution is 6.23. The lowest BCUT2D eigenvalue weighted by Gasteiger charge is -2.19. The molecule has 0 aliphatic heterocycles. The maximum absolute atomic E-state index is 2.28. The van der Waals surface area contributed by atoms with E-state index in [1.165, 1.54) is 76.8 Å². The number of hydrogen-bond donors (Lipinski definition) is 0. The highest BCUT2D eigenvalue weighted by Gasteiger charge is 2.17. The summed E-state index contributed by atoms with van der Waals surface area (Å²) in [4.78, 5) is 0. The molecule has 0 fully saturated rings. The predicted molar refractivity (Wildman–Crippen MR) is 181 cm³/mol. The van der Waals surface area contributed by atoms with E-state index in [-0.39, 0.29) is 0 Å². The van der Waals surface area contributed by atoms with Crippen molar-refractivity contribution in [3.05, 3.63) is 170 Å². The lowest BCUT2D eigenvalue weighted by Crippen LogP contribution is -1.91. The van der Waals surface area contributed by atoms with Crippen LogP contribution in [0.4, 0.5) is 0 Å². The van der Waals surface area contributed by atoms with Crippen molar-refractivity contribution >= 4 is 32.3 Å². The fourth-order valence-electron chi connectivity index (χ4n) is 6.49. The molecule has 196 valence electrons. The molecular formula is C42H28.